The van der Waals surface area contributed by atoms with E-state index >= 15 is 0 Å². The monoisotopic (exact) mass is 511 g/mol. The molecule has 0 unspecified atom stereocenters. The summed E-state index contributed by atoms with van der Waals surface area (Å²) in [6.07, 6.45) is 8.22. The molecule has 0 fully saturated rings. The van der Waals surface area contributed by atoms with E-state index in [9.17, 15) is 0 Å². The van der Waals surface area contributed by atoms with Crippen molar-refractivity contribution in [1.82, 2.24) is 4.57 Å². The van der Waals surface area contributed by atoms with E-state index in [0.29, 0.717) is 7.48 Å². The van der Waals surface area contributed by atoms with Crippen molar-refractivity contribution in [1.29, 1.82) is 0 Å². The second-order valence-electron chi connectivity index (χ2n) is 13.1. The summed E-state index contributed by atoms with van der Waals surface area (Å²) >= 11 is 0. The number of hydrogen-bond donors (Lipinski definition) is 0. The lowest BCUT2D eigenvalue weighted by atomic mass is 9.76. The van der Waals surface area contributed by atoms with Gasteiger partial charge in [-0.05, 0) is 65.8 Å². The summed E-state index contributed by atoms with van der Waals surface area (Å²) in [5, 5.41) is 2.62. The summed E-state index contributed by atoms with van der Waals surface area (Å²) in [5.74, 6) is 6.51. The Morgan fingerprint density at radius 2 is 1.62 bits per heavy atom. The zero-order valence-electron chi connectivity index (χ0n) is 24.4. The van der Waals surface area contributed by atoms with Crippen LogP contribution in [0.4, 0.5) is 0 Å². The normalized spacial score (nSPS) is 18.4. The zero-order chi connectivity index (χ0) is 27.6. The van der Waals surface area contributed by atoms with Crippen LogP contribution in [0.1, 0.15) is 72.4 Å². The molecule has 0 amide bonds. The number of nitrogens with zero attached hydrogens (tertiary/aromatic N) is 1. The van der Waals surface area contributed by atoms with Crippen LogP contribution in [-0.2, 0) is 10.1 Å². The molecule has 6 rings (SSSR count). The van der Waals surface area contributed by atoms with Gasteiger partial charge in [0.25, 0.3) is 0 Å². The fraction of sp³-hybridized carbons (Fsp3) is 0.333. The van der Waals surface area contributed by atoms with Crippen LogP contribution in [0, 0.1) is 17.3 Å². The summed E-state index contributed by atoms with van der Waals surface area (Å²) in [5.41, 5.74) is 10.2. The molecule has 0 bridgehead atoms. The highest BCUT2D eigenvalue weighted by Gasteiger charge is 2.37. The molecule has 1 heterocycles. The first kappa shape index (κ1) is 25.8. The first-order valence-corrected chi connectivity index (χ1v) is 14.2. The summed E-state index contributed by atoms with van der Waals surface area (Å²) in [6.45, 7) is 15.8. The van der Waals surface area contributed by atoms with Gasteiger partial charge in [-0.1, -0.05) is 100 Å². The third-order valence-electron chi connectivity index (χ3n) is 9.25. The fourth-order valence-electron chi connectivity index (χ4n) is 5.97. The third-order valence-corrected chi connectivity index (χ3v) is 9.25. The van der Waals surface area contributed by atoms with Crippen LogP contribution >= 0.6 is 0 Å². The van der Waals surface area contributed by atoms with Crippen molar-refractivity contribution >= 4 is 40.4 Å². The van der Waals surface area contributed by atoms with Crippen LogP contribution in [0.3, 0.4) is 0 Å². The molecule has 0 saturated heterocycles. The first-order valence-electron chi connectivity index (χ1n) is 14.2. The Kier molecular flexibility index (Phi) is 5.98. The second-order valence-corrected chi connectivity index (χ2v) is 13.1. The maximum Gasteiger partial charge on any atom is 0.309 e. The molecule has 2 nitrogen and oxygen atoms in total. The van der Waals surface area contributed by atoms with Crippen LogP contribution in [-0.4, -0.2) is 17.7 Å². The topological polar surface area (TPSA) is 14.2 Å². The molecule has 0 saturated carbocycles. The summed E-state index contributed by atoms with van der Waals surface area (Å²) in [4.78, 5) is 0. The van der Waals surface area contributed by atoms with Crippen LogP contribution in [0.5, 0.6) is 0 Å². The number of hydrogen-bond acceptors (Lipinski definition) is 1. The molecule has 0 spiro atoms. The number of rotatable bonds is 4. The van der Waals surface area contributed by atoms with E-state index < -0.39 is 0 Å². The van der Waals surface area contributed by atoms with Crippen LogP contribution in [0.15, 0.2) is 72.8 Å². The van der Waals surface area contributed by atoms with Crippen molar-refractivity contribution in [3.63, 3.8) is 0 Å². The molecule has 196 valence electrons. The Hall–Kier alpha value is -3.48. The fourth-order valence-corrected chi connectivity index (χ4v) is 5.97. The molecule has 3 heteroatoms. The highest BCUT2D eigenvalue weighted by atomic mass is 16.5. The summed E-state index contributed by atoms with van der Waals surface area (Å²) < 4.78 is 8.97. The summed E-state index contributed by atoms with van der Waals surface area (Å²) in [6, 6.07) is 20.5. The molecule has 0 N–H and O–H groups in total. The largest absolute Gasteiger partial charge is 0.429 e. The smallest absolute Gasteiger partial charge is 0.309 e. The van der Waals surface area contributed by atoms with E-state index in [1.165, 1.54) is 55.2 Å². The molecule has 0 aliphatic heterocycles. The number of aromatic nitrogens is 1. The van der Waals surface area contributed by atoms with Gasteiger partial charge in [-0.3, -0.25) is 0 Å². The van der Waals surface area contributed by atoms with Crippen LogP contribution < -0.4 is 5.46 Å². The van der Waals surface area contributed by atoms with E-state index in [4.69, 9.17) is 4.65 Å². The SMILES string of the molecule is CC1(C)c2ccccc2-c2c1ccc1c2c2cc(BOC(C)(C)C(C)(C)C)ccc2n1C1=C/CC#CC/C=C\1. The highest BCUT2D eigenvalue weighted by Crippen LogP contribution is 2.53. The van der Waals surface area contributed by atoms with Crippen molar-refractivity contribution < 1.29 is 4.65 Å². The molecule has 0 radical (unpaired) electrons. The lowest BCUT2D eigenvalue weighted by Crippen LogP contribution is -2.42. The number of allylic oxidation sites excluding steroid dienone is 4. The minimum absolute atomic E-state index is 0.0407. The molecule has 2 aliphatic carbocycles. The van der Waals surface area contributed by atoms with Crippen molar-refractivity contribution in [2.24, 2.45) is 5.41 Å². The summed E-state index contributed by atoms with van der Waals surface area (Å²) in [7, 11) is 0.585. The molecular formula is C36H38BNO. The molecule has 3 aromatic carbocycles. The van der Waals surface area contributed by atoms with E-state index in [-0.39, 0.29) is 16.4 Å². The van der Waals surface area contributed by atoms with Gasteiger partial charge < -0.3 is 9.22 Å². The first-order chi connectivity index (χ1) is 18.5. The van der Waals surface area contributed by atoms with Crippen LogP contribution in [0.25, 0.3) is 38.6 Å². The van der Waals surface area contributed by atoms with Crippen molar-refractivity contribution in [2.45, 2.75) is 72.3 Å². The standard InChI is InChI=1S/C36H38BNO/c1-34(2,3)36(6,7)39-37-24-19-21-30-27(23-24)33-31(38(30)25-15-11-9-8-10-12-16-25)22-20-29-32(33)26-17-13-14-18-28(26)35(29,4)5/h11,13-23,37H,9,12H2,1-7H3/b15-11-,25-16+. The van der Waals surface area contributed by atoms with E-state index in [0.717, 1.165) is 12.8 Å². The van der Waals surface area contributed by atoms with Gasteiger partial charge in [-0.25, -0.2) is 0 Å². The predicted octanol–water partition coefficient (Wildman–Crippen LogP) is 8.11. The maximum absolute atomic E-state index is 6.53. The van der Waals surface area contributed by atoms with Crippen molar-refractivity contribution in [2.75, 3.05) is 0 Å². The van der Waals surface area contributed by atoms with E-state index in [2.05, 4.69) is 138 Å². The van der Waals surface area contributed by atoms with Crippen molar-refractivity contribution in [3.8, 4) is 23.0 Å². The highest BCUT2D eigenvalue weighted by molar-refractivity contribution is 6.48. The Morgan fingerprint density at radius 3 is 2.41 bits per heavy atom. The Labute approximate surface area is 234 Å². The number of fused-ring (bicyclic) bond motifs is 7. The van der Waals surface area contributed by atoms with E-state index in [1.807, 2.05) is 0 Å². The van der Waals surface area contributed by atoms with E-state index in [1.54, 1.807) is 0 Å². The molecular weight excluding hydrogens is 473 g/mol. The Bertz CT molecular complexity index is 1740. The van der Waals surface area contributed by atoms with Gasteiger partial charge in [0, 0.05) is 34.7 Å². The van der Waals surface area contributed by atoms with Crippen LogP contribution in [0.2, 0.25) is 0 Å². The lowest BCUT2D eigenvalue weighted by Gasteiger charge is -2.39. The molecule has 2 aliphatic rings. The van der Waals surface area contributed by atoms with Gasteiger partial charge >= 0.3 is 7.48 Å². The van der Waals surface area contributed by atoms with Gasteiger partial charge in [0.1, 0.15) is 0 Å². The maximum atomic E-state index is 6.53. The lowest BCUT2D eigenvalue weighted by molar-refractivity contribution is 0.00504. The Balaban J connectivity index is 1.63. The third kappa shape index (κ3) is 4.09. The average Bonchev–Trinajstić information content (AvgIpc) is 3.31. The number of benzene rings is 3. The minimum Gasteiger partial charge on any atom is -0.429 e. The zero-order valence-corrected chi connectivity index (χ0v) is 24.4. The molecule has 39 heavy (non-hydrogen) atoms. The molecule has 4 aromatic rings. The van der Waals surface area contributed by atoms with Crippen molar-refractivity contribution in [3.05, 3.63) is 84.0 Å². The predicted molar refractivity (Wildman–Crippen MR) is 169 cm³/mol. The molecule has 1 aromatic heterocycles. The second kappa shape index (κ2) is 9.04. The molecule has 0 atom stereocenters. The minimum atomic E-state index is -0.240. The van der Waals surface area contributed by atoms with Gasteiger partial charge in [-0.2, -0.15) is 0 Å². The van der Waals surface area contributed by atoms with Gasteiger partial charge in [0.15, 0.2) is 0 Å². The van der Waals surface area contributed by atoms with Gasteiger partial charge in [0.05, 0.1) is 16.6 Å². The Morgan fingerprint density at radius 1 is 0.872 bits per heavy atom. The van der Waals surface area contributed by atoms with Gasteiger partial charge in [-0.15, -0.1) is 0 Å². The average molecular weight is 512 g/mol. The quantitative estimate of drug-likeness (QED) is 0.199. The van der Waals surface area contributed by atoms with Gasteiger partial charge in [0.2, 0.25) is 0 Å².